The second-order valence-electron chi connectivity index (χ2n) is 4.51. The lowest BCUT2D eigenvalue weighted by atomic mass is 9.93. The Kier molecular flexibility index (Phi) is 3.27. The fourth-order valence-corrected chi connectivity index (χ4v) is 2.14. The first kappa shape index (κ1) is 11.2. The monoisotopic (exact) mass is 208 g/mol. The van der Waals surface area contributed by atoms with E-state index in [1.807, 2.05) is 12.1 Å². The van der Waals surface area contributed by atoms with Crippen LogP contribution in [0.15, 0.2) is 18.2 Å². The molecule has 0 radical (unpaired) electrons. The van der Waals surface area contributed by atoms with E-state index in [0.717, 1.165) is 11.2 Å². The molecule has 0 N–H and O–H groups in total. The Morgan fingerprint density at radius 1 is 1.36 bits per heavy atom. The summed E-state index contributed by atoms with van der Waals surface area (Å²) in [5, 5.41) is 0. The lowest BCUT2D eigenvalue weighted by Gasteiger charge is -2.13. The lowest BCUT2D eigenvalue weighted by Crippen LogP contribution is -1.99. The van der Waals surface area contributed by atoms with Crippen LogP contribution in [0.2, 0.25) is 0 Å². The average Bonchev–Trinajstić information content (AvgIpc) is 2.48. The summed E-state index contributed by atoms with van der Waals surface area (Å²) in [6.45, 7) is 8.60. The highest BCUT2D eigenvalue weighted by Gasteiger charge is 2.08. The highest BCUT2D eigenvalue weighted by Crippen LogP contribution is 2.27. The minimum Gasteiger partial charge on any atom is -0.297 e. The molecular weight excluding hydrogens is 192 g/mol. The summed E-state index contributed by atoms with van der Waals surface area (Å²) in [7, 11) is 0. The maximum Gasteiger partial charge on any atom is 0.160 e. The molecule has 1 rings (SSSR count). The van der Waals surface area contributed by atoms with Crippen LogP contribution in [-0.4, -0.2) is 6.29 Å². The fourth-order valence-electron chi connectivity index (χ4n) is 1.35. The molecule has 0 spiro atoms. The van der Waals surface area contributed by atoms with Crippen molar-refractivity contribution in [3.8, 4) is 0 Å². The Balaban J connectivity index is 2.94. The van der Waals surface area contributed by atoms with E-state index in [0.29, 0.717) is 0 Å². The van der Waals surface area contributed by atoms with E-state index in [9.17, 15) is 4.79 Å². The zero-order valence-corrected chi connectivity index (χ0v) is 9.94. The van der Waals surface area contributed by atoms with Gasteiger partial charge in [-0.25, -0.2) is 0 Å². The molecular formula is C12H16OS. The Morgan fingerprint density at radius 2 is 2.00 bits per heavy atom. The Labute approximate surface area is 89.5 Å². The predicted molar refractivity (Wildman–Crippen MR) is 62.8 cm³/mol. The van der Waals surface area contributed by atoms with Gasteiger partial charge in [0, 0.05) is 4.88 Å². The van der Waals surface area contributed by atoms with E-state index in [2.05, 4.69) is 33.8 Å². The molecule has 0 aromatic carbocycles. The zero-order chi connectivity index (χ0) is 10.8. The molecule has 2 heteroatoms. The van der Waals surface area contributed by atoms with Gasteiger partial charge in [-0.1, -0.05) is 26.8 Å². The van der Waals surface area contributed by atoms with Gasteiger partial charge in [0.2, 0.25) is 0 Å². The van der Waals surface area contributed by atoms with Crippen molar-refractivity contribution in [1.82, 2.24) is 0 Å². The van der Waals surface area contributed by atoms with Crippen molar-refractivity contribution in [2.24, 2.45) is 5.41 Å². The summed E-state index contributed by atoms with van der Waals surface area (Å²) in [4.78, 5) is 12.5. The molecule has 0 saturated carbocycles. The number of thiophene rings is 1. The van der Waals surface area contributed by atoms with Crippen LogP contribution in [-0.2, 0) is 0 Å². The van der Waals surface area contributed by atoms with E-state index in [-0.39, 0.29) is 5.41 Å². The molecule has 1 aromatic heterocycles. The Hall–Kier alpha value is -0.890. The standard InChI is InChI=1S/C12H16OS/c1-9(7-12(2,3)4)11-6-5-10(8-13)14-11/h5-8H,1-4H3/b9-7+. The van der Waals surface area contributed by atoms with Gasteiger partial charge in [-0.05, 0) is 30.0 Å². The molecule has 0 atom stereocenters. The number of hydrogen-bond donors (Lipinski definition) is 0. The molecule has 0 aliphatic carbocycles. The third-order valence-electron chi connectivity index (χ3n) is 1.78. The Bertz CT molecular complexity index is 353. The number of rotatable bonds is 2. The van der Waals surface area contributed by atoms with Crippen molar-refractivity contribution in [2.75, 3.05) is 0 Å². The normalized spacial score (nSPS) is 13.0. The summed E-state index contributed by atoms with van der Waals surface area (Å²) < 4.78 is 0. The molecule has 1 aromatic rings. The molecule has 76 valence electrons. The molecule has 0 amide bonds. The number of aldehydes is 1. The van der Waals surface area contributed by atoms with Gasteiger partial charge in [0.05, 0.1) is 4.88 Å². The first-order valence-corrected chi connectivity index (χ1v) is 5.49. The number of hydrogen-bond acceptors (Lipinski definition) is 2. The number of allylic oxidation sites excluding steroid dienone is 2. The maximum absolute atomic E-state index is 10.5. The SMILES string of the molecule is C/C(=C\C(C)(C)C)c1ccc(C=O)s1. The summed E-state index contributed by atoms with van der Waals surface area (Å²) in [6.07, 6.45) is 3.13. The molecule has 14 heavy (non-hydrogen) atoms. The zero-order valence-electron chi connectivity index (χ0n) is 9.13. The van der Waals surface area contributed by atoms with Crippen molar-refractivity contribution < 1.29 is 4.79 Å². The summed E-state index contributed by atoms with van der Waals surface area (Å²) in [5.41, 5.74) is 1.44. The molecule has 0 fully saturated rings. The summed E-state index contributed by atoms with van der Waals surface area (Å²) >= 11 is 1.55. The fraction of sp³-hybridized carbons (Fsp3) is 0.417. The number of carbonyl (C=O) groups excluding carboxylic acids is 1. The van der Waals surface area contributed by atoms with E-state index < -0.39 is 0 Å². The van der Waals surface area contributed by atoms with Crippen molar-refractivity contribution in [2.45, 2.75) is 27.7 Å². The minimum atomic E-state index is 0.190. The highest BCUT2D eigenvalue weighted by molar-refractivity contribution is 7.14. The summed E-state index contributed by atoms with van der Waals surface area (Å²) in [5.74, 6) is 0. The van der Waals surface area contributed by atoms with Crippen LogP contribution >= 0.6 is 11.3 Å². The van der Waals surface area contributed by atoms with Crippen molar-refractivity contribution >= 4 is 23.2 Å². The van der Waals surface area contributed by atoms with Gasteiger partial charge in [-0.3, -0.25) is 4.79 Å². The molecule has 0 saturated heterocycles. The number of carbonyl (C=O) groups is 1. The van der Waals surface area contributed by atoms with Crippen molar-refractivity contribution in [1.29, 1.82) is 0 Å². The first-order chi connectivity index (χ1) is 6.42. The van der Waals surface area contributed by atoms with Crippen LogP contribution in [0.3, 0.4) is 0 Å². The third kappa shape index (κ3) is 3.11. The second kappa shape index (κ2) is 4.09. The maximum atomic E-state index is 10.5. The van der Waals surface area contributed by atoms with Gasteiger partial charge in [0.25, 0.3) is 0 Å². The van der Waals surface area contributed by atoms with Gasteiger partial charge >= 0.3 is 0 Å². The molecule has 0 aliphatic rings. The van der Waals surface area contributed by atoms with Crippen LogP contribution in [0.4, 0.5) is 0 Å². The van der Waals surface area contributed by atoms with Crippen molar-refractivity contribution in [3.63, 3.8) is 0 Å². The molecule has 0 bridgehead atoms. The third-order valence-corrected chi connectivity index (χ3v) is 2.93. The van der Waals surface area contributed by atoms with E-state index in [4.69, 9.17) is 0 Å². The largest absolute Gasteiger partial charge is 0.297 e. The van der Waals surface area contributed by atoms with E-state index >= 15 is 0 Å². The van der Waals surface area contributed by atoms with E-state index in [1.54, 1.807) is 11.3 Å². The van der Waals surface area contributed by atoms with Gasteiger partial charge in [0.15, 0.2) is 6.29 Å². The van der Waals surface area contributed by atoms with Crippen LogP contribution in [0.5, 0.6) is 0 Å². The van der Waals surface area contributed by atoms with Gasteiger partial charge < -0.3 is 0 Å². The second-order valence-corrected chi connectivity index (χ2v) is 5.63. The molecule has 0 unspecified atom stereocenters. The average molecular weight is 208 g/mol. The molecule has 1 heterocycles. The van der Waals surface area contributed by atoms with Gasteiger partial charge in [-0.2, -0.15) is 0 Å². The molecule has 0 aliphatic heterocycles. The van der Waals surface area contributed by atoms with Gasteiger partial charge in [-0.15, -0.1) is 11.3 Å². The highest BCUT2D eigenvalue weighted by atomic mass is 32.1. The quantitative estimate of drug-likeness (QED) is 0.671. The van der Waals surface area contributed by atoms with E-state index in [1.165, 1.54) is 10.5 Å². The van der Waals surface area contributed by atoms with Crippen molar-refractivity contribution in [3.05, 3.63) is 28.0 Å². The predicted octanol–water partition coefficient (Wildman–Crippen LogP) is 4.01. The Morgan fingerprint density at radius 3 is 2.43 bits per heavy atom. The van der Waals surface area contributed by atoms with Crippen LogP contribution in [0.1, 0.15) is 42.2 Å². The van der Waals surface area contributed by atoms with Crippen LogP contribution < -0.4 is 0 Å². The van der Waals surface area contributed by atoms with Crippen LogP contribution in [0.25, 0.3) is 5.57 Å². The molecule has 1 nitrogen and oxygen atoms in total. The lowest BCUT2D eigenvalue weighted by molar-refractivity contribution is 0.112. The minimum absolute atomic E-state index is 0.190. The smallest absolute Gasteiger partial charge is 0.160 e. The van der Waals surface area contributed by atoms with Crippen LogP contribution in [0, 0.1) is 5.41 Å². The topological polar surface area (TPSA) is 17.1 Å². The van der Waals surface area contributed by atoms with Gasteiger partial charge in [0.1, 0.15) is 0 Å². The summed E-state index contributed by atoms with van der Waals surface area (Å²) in [6, 6.07) is 3.87. The first-order valence-electron chi connectivity index (χ1n) is 4.67.